The largest absolute Gasteiger partial charge is 0.512 e. The summed E-state index contributed by atoms with van der Waals surface area (Å²) in [5, 5.41) is 22.6. The van der Waals surface area contributed by atoms with E-state index in [0.717, 1.165) is 0 Å². The molecule has 0 aromatic rings. The zero-order valence-corrected chi connectivity index (χ0v) is 4.84. The molecule has 8 heavy (non-hydrogen) atoms. The molecule has 0 rings (SSSR count). The van der Waals surface area contributed by atoms with E-state index < -0.39 is 5.60 Å². The Kier molecular flexibility index (Phi) is 5.15. The first-order valence-electron chi connectivity index (χ1n) is 1.92. The van der Waals surface area contributed by atoms with Gasteiger partial charge in [-0.25, -0.2) is 0 Å². The monoisotopic (exact) mass is 111 g/mol. The number of aliphatic hydroxyl groups is 1. The molecule has 0 aliphatic carbocycles. The van der Waals surface area contributed by atoms with Crippen molar-refractivity contribution in [3.05, 3.63) is 6.57 Å². The van der Waals surface area contributed by atoms with Gasteiger partial charge in [-0.15, -0.1) is 0 Å². The van der Waals surface area contributed by atoms with E-state index in [2.05, 4.69) is 0 Å². The fraction of sp³-hybridized carbons (Fsp3) is 0.600. The molecule has 0 amide bonds. The lowest BCUT2D eigenvalue weighted by molar-refractivity contribution is 0.141. The van der Waals surface area contributed by atoms with E-state index in [1.807, 2.05) is 0 Å². The second kappa shape index (κ2) is 4.11. The van der Waals surface area contributed by atoms with Gasteiger partial charge in [-0.2, -0.15) is 5.26 Å². The van der Waals surface area contributed by atoms with Crippen LogP contribution in [0.15, 0.2) is 0 Å². The van der Waals surface area contributed by atoms with Crippen LogP contribution in [0.3, 0.4) is 0 Å². The van der Waals surface area contributed by atoms with Crippen molar-refractivity contribution in [3.63, 3.8) is 0 Å². The smallest absolute Gasteiger partial charge is 0.145 e. The third-order valence-electron chi connectivity index (χ3n) is 0.274. The Labute approximate surface area is 48.8 Å². The second-order valence-electron chi connectivity index (χ2n) is 1.67. The Hall–Kier alpha value is -1.06. The van der Waals surface area contributed by atoms with Gasteiger partial charge in [0.1, 0.15) is 5.60 Å². The van der Waals surface area contributed by atoms with E-state index in [-0.39, 0.29) is 0 Å². The minimum Gasteiger partial charge on any atom is -0.512 e. The summed E-state index contributed by atoms with van der Waals surface area (Å²) in [6.45, 7) is 7.62. The van der Waals surface area contributed by atoms with Crippen LogP contribution in [0, 0.1) is 23.2 Å². The Balaban J connectivity index is 0. The summed E-state index contributed by atoms with van der Waals surface area (Å²) in [5.41, 5.74) is -1.15. The summed E-state index contributed by atoms with van der Waals surface area (Å²) >= 11 is 0. The van der Waals surface area contributed by atoms with Crippen LogP contribution in [0.1, 0.15) is 13.8 Å². The number of nitrogens with zero attached hydrogens (tertiary/aromatic N) is 2. The highest BCUT2D eigenvalue weighted by Gasteiger charge is 2.07. The van der Waals surface area contributed by atoms with E-state index in [9.17, 15) is 0 Å². The number of hydrogen-bond acceptors (Lipinski definition) is 3. The third kappa shape index (κ3) is 20.4. The normalized spacial score (nSPS) is 8.00. The molecule has 0 bridgehead atoms. The molecule has 0 aromatic carbocycles. The first kappa shape index (κ1) is 10.0. The van der Waals surface area contributed by atoms with Crippen LogP contribution >= 0.6 is 0 Å². The molecule has 0 aliphatic rings. The quantitative estimate of drug-likeness (QED) is 0.363. The van der Waals surface area contributed by atoms with E-state index in [4.69, 9.17) is 22.2 Å². The molecule has 0 saturated carbocycles. The van der Waals surface area contributed by atoms with Gasteiger partial charge in [0, 0.05) is 0 Å². The van der Waals surface area contributed by atoms with Crippen LogP contribution < -0.4 is 0 Å². The van der Waals surface area contributed by atoms with Crippen LogP contribution in [0.2, 0.25) is 0 Å². The Morgan fingerprint density at radius 3 is 1.62 bits per heavy atom. The molecule has 0 aliphatic heterocycles. The summed E-state index contributed by atoms with van der Waals surface area (Å²) in [4.78, 5) is 0. The van der Waals surface area contributed by atoms with Crippen molar-refractivity contribution in [3.8, 4) is 6.07 Å². The van der Waals surface area contributed by atoms with Crippen molar-refractivity contribution in [1.82, 2.24) is 0 Å². The van der Waals surface area contributed by atoms with Gasteiger partial charge in [-0.05, 0) is 13.8 Å². The van der Waals surface area contributed by atoms with Crippen LogP contribution in [0.25, 0.3) is 0 Å². The SMILES string of the molecule is CC(C)(O)C#N.[C-]#N. The minimum atomic E-state index is -1.15. The number of nitriles is 1. The van der Waals surface area contributed by atoms with Gasteiger partial charge in [-0.3, -0.25) is 0 Å². The average Bonchev–Trinajstić information content (AvgIpc) is 1.71. The van der Waals surface area contributed by atoms with Gasteiger partial charge >= 0.3 is 0 Å². The topological polar surface area (TPSA) is 67.8 Å². The summed E-state index contributed by atoms with van der Waals surface area (Å²) in [7, 11) is 0. The molecule has 0 radical (unpaired) electrons. The molecule has 0 fully saturated rings. The maximum Gasteiger partial charge on any atom is 0.145 e. The zero-order chi connectivity index (χ0) is 7.21. The predicted octanol–water partition coefficient (Wildman–Crippen LogP) is 0.377. The van der Waals surface area contributed by atoms with Gasteiger partial charge in [-0.1, -0.05) is 0 Å². The molecular formula is C5H7N2O-. The average molecular weight is 111 g/mol. The van der Waals surface area contributed by atoms with Crippen molar-refractivity contribution in [1.29, 1.82) is 10.5 Å². The Morgan fingerprint density at radius 2 is 1.62 bits per heavy atom. The van der Waals surface area contributed by atoms with E-state index >= 15 is 0 Å². The van der Waals surface area contributed by atoms with Gasteiger partial charge in [0.15, 0.2) is 0 Å². The predicted molar refractivity (Wildman–Crippen MR) is 26.9 cm³/mol. The molecule has 1 N–H and O–H groups in total. The van der Waals surface area contributed by atoms with Gasteiger partial charge in [0.25, 0.3) is 0 Å². The standard InChI is InChI=1S/C4H7NO.CN/c1-4(2,6)3-5;1-2/h6H,1-2H3;/q;-1. The van der Waals surface area contributed by atoms with Crippen molar-refractivity contribution in [2.45, 2.75) is 19.4 Å². The van der Waals surface area contributed by atoms with E-state index in [0.29, 0.717) is 0 Å². The molecule has 0 atom stereocenters. The van der Waals surface area contributed by atoms with Gasteiger partial charge < -0.3 is 16.9 Å². The number of hydrogen-bond donors (Lipinski definition) is 1. The number of rotatable bonds is 0. The van der Waals surface area contributed by atoms with Crippen molar-refractivity contribution in [2.75, 3.05) is 0 Å². The van der Waals surface area contributed by atoms with Crippen molar-refractivity contribution >= 4 is 0 Å². The van der Waals surface area contributed by atoms with E-state index in [1.165, 1.54) is 13.8 Å². The van der Waals surface area contributed by atoms with E-state index in [1.54, 1.807) is 6.07 Å². The maximum absolute atomic E-state index is 8.47. The highest BCUT2D eigenvalue weighted by Crippen LogP contribution is 1.93. The summed E-state index contributed by atoms with van der Waals surface area (Å²) in [5.74, 6) is 0. The first-order valence-corrected chi connectivity index (χ1v) is 1.92. The molecule has 0 heterocycles. The lowest BCUT2D eigenvalue weighted by Crippen LogP contribution is -2.13. The highest BCUT2D eigenvalue weighted by atomic mass is 16.3. The van der Waals surface area contributed by atoms with Crippen LogP contribution in [0.4, 0.5) is 0 Å². The molecule has 3 nitrogen and oxygen atoms in total. The van der Waals surface area contributed by atoms with Crippen molar-refractivity contribution in [2.24, 2.45) is 0 Å². The maximum atomic E-state index is 8.47. The summed E-state index contributed by atoms with van der Waals surface area (Å²) < 4.78 is 0. The summed E-state index contributed by atoms with van der Waals surface area (Å²) in [6, 6.07) is 1.66. The fourth-order valence-corrected chi connectivity index (χ4v) is 0. The zero-order valence-electron chi connectivity index (χ0n) is 4.84. The Bertz CT molecular complexity index is 104. The molecule has 0 aromatic heterocycles. The molecule has 44 valence electrons. The van der Waals surface area contributed by atoms with Crippen molar-refractivity contribution < 1.29 is 5.11 Å². The van der Waals surface area contributed by atoms with Crippen LogP contribution in [-0.2, 0) is 0 Å². The molecule has 3 heteroatoms. The lowest BCUT2D eigenvalue weighted by atomic mass is 10.2. The molecular weight excluding hydrogens is 104 g/mol. The molecule has 0 spiro atoms. The molecule has 0 saturated heterocycles. The summed E-state index contributed by atoms with van der Waals surface area (Å²) in [6.07, 6.45) is 0. The van der Waals surface area contributed by atoms with Gasteiger partial charge in [0.05, 0.1) is 6.07 Å². The van der Waals surface area contributed by atoms with Crippen LogP contribution in [0.5, 0.6) is 0 Å². The lowest BCUT2D eigenvalue weighted by Gasteiger charge is -2.00. The van der Waals surface area contributed by atoms with Gasteiger partial charge in [0.2, 0.25) is 0 Å². The second-order valence-corrected chi connectivity index (χ2v) is 1.67. The van der Waals surface area contributed by atoms with Crippen LogP contribution in [-0.4, -0.2) is 10.7 Å². The minimum absolute atomic E-state index is 1.15. The Morgan fingerprint density at radius 1 is 1.50 bits per heavy atom. The third-order valence-corrected chi connectivity index (χ3v) is 0.274. The molecule has 0 unspecified atom stereocenters. The fourth-order valence-electron chi connectivity index (χ4n) is 0. The first-order chi connectivity index (χ1) is 3.56. The highest BCUT2D eigenvalue weighted by molar-refractivity contribution is 4.91.